The molecule has 1 aliphatic carbocycles. The second-order valence-electron chi connectivity index (χ2n) is 5.26. The van der Waals surface area contributed by atoms with Crippen molar-refractivity contribution < 1.29 is 9.26 Å². The van der Waals surface area contributed by atoms with E-state index in [0.29, 0.717) is 18.5 Å². The predicted octanol–water partition coefficient (Wildman–Crippen LogP) is 2.32. The predicted molar refractivity (Wildman–Crippen MR) is 72.8 cm³/mol. The standard InChI is InChI=1S/C14H25N3O2/c1-3-7-15-12(11-5-6-11)9-14-16-13(17-19-14)10-18-8-4-2/h11-12,15H,3-10H2,1-2H3. The Bertz CT molecular complexity index is 363. The molecular formula is C14H25N3O2. The molecule has 1 fully saturated rings. The van der Waals surface area contributed by atoms with Crippen molar-refractivity contribution in [1.82, 2.24) is 15.5 Å². The van der Waals surface area contributed by atoms with Gasteiger partial charge in [0.25, 0.3) is 0 Å². The van der Waals surface area contributed by atoms with Crippen LogP contribution < -0.4 is 5.32 Å². The fourth-order valence-corrected chi connectivity index (χ4v) is 2.16. The van der Waals surface area contributed by atoms with E-state index in [4.69, 9.17) is 9.26 Å². The smallest absolute Gasteiger partial charge is 0.228 e. The number of rotatable bonds is 10. The van der Waals surface area contributed by atoms with Crippen molar-refractivity contribution in [3.05, 3.63) is 11.7 Å². The Balaban J connectivity index is 1.79. The lowest BCUT2D eigenvalue weighted by molar-refractivity contribution is 0.114. The van der Waals surface area contributed by atoms with Crippen molar-refractivity contribution in [1.29, 1.82) is 0 Å². The number of ether oxygens (including phenoxy) is 1. The molecule has 5 nitrogen and oxygen atoms in total. The van der Waals surface area contributed by atoms with Gasteiger partial charge in [0, 0.05) is 19.1 Å². The number of aromatic nitrogens is 2. The Morgan fingerprint density at radius 3 is 2.89 bits per heavy atom. The summed E-state index contributed by atoms with van der Waals surface area (Å²) in [6.45, 7) is 6.52. The first kappa shape index (κ1) is 14.5. The summed E-state index contributed by atoms with van der Waals surface area (Å²) in [6.07, 6.45) is 5.65. The van der Waals surface area contributed by atoms with Crippen molar-refractivity contribution in [2.24, 2.45) is 5.92 Å². The van der Waals surface area contributed by atoms with Gasteiger partial charge in [-0.2, -0.15) is 4.98 Å². The molecule has 1 aromatic heterocycles. The fourth-order valence-electron chi connectivity index (χ4n) is 2.16. The van der Waals surface area contributed by atoms with Gasteiger partial charge in [0.05, 0.1) is 0 Å². The summed E-state index contributed by atoms with van der Waals surface area (Å²) in [5, 5.41) is 7.54. The van der Waals surface area contributed by atoms with Crippen LogP contribution in [-0.2, 0) is 17.8 Å². The van der Waals surface area contributed by atoms with Crippen LogP contribution in [0.15, 0.2) is 4.52 Å². The molecule has 108 valence electrons. The van der Waals surface area contributed by atoms with E-state index in [1.54, 1.807) is 0 Å². The third-order valence-electron chi connectivity index (χ3n) is 3.33. The van der Waals surface area contributed by atoms with Crippen molar-refractivity contribution in [3.8, 4) is 0 Å². The van der Waals surface area contributed by atoms with Crippen molar-refractivity contribution in [2.75, 3.05) is 13.2 Å². The summed E-state index contributed by atoms with van der Waals surface area (Å²) < 4.78 is 10.7. The topological polar surface area (TPSA) is 60.2 Å². The maximum absolute atomic E-state index is 5.41. The van der Waals surface area contributed by atoms with Gasteiger partial charge in [0.2, 0.25) is 5.89 Å². The highest BCUT2D eigenvalue weighted by Crippen LogP contribution is 2.33. The summed E-state index contributed by atoms with van der Waals surface area (Å²) in [5.74, 6) is 2.18. The summed E-state index contributed by atoms with van der Waals surface area (Å²) in [7, 11) is 0. The molecule has 1 saturated carbocycles. The van der Waals surface area contributed by atoms with E-state index in [9.17, 15) is 0 Å². The highest BCUT2D eigenvalue weighted by atomic mass is 16.5. The normalized spacial score (nSPS) is 16.7. The fraction of sp³-hybridized carbons (Fsp3) is 0.857. The zero-order valence-electron chi connectivity index (χ0n) is 12.0. The molecule has 0 spiro atoms. The minimum atomic E-state index is 0.452. The molecule has 5 heteroatoms. The average Bonchev–Trinajstić information content (AvgIpc) is 3.17. The Kier molecular flexibility index (Phi) is 5.79. The molecule has 1 heterocycles. The quantitative estimate of drug-likeness (QED) is 0.659. The Morgan fingerprint density at radius 1 is 1.37 bits per heavy atom. The first-order valence-electron chi connectivity index (χ1n) is 7.46. The van der Waals surface area contributed by atoms with E-state index >= 15 is 0 Å². The molecule has 1 N–H and O–H groups in total. The molecule has 1 unspecified atom stereocenters. The lowest BCUT2D eigenvalue weighted by atomic mass is 10.1. The molecule has 1 aliphatic rings. The van der Waals surface area contributed by atoms with Gasteiger partial charge in [0.15, 0.2) is 5.82 Å². The molecule has 0 bridgehead atoms. The Morgan fingerprint density at radius 2 is 2.21 bits per heavy atom. The molecule has 0 saturated heterocycles. The second-order valence-corrected chi connectivity index (χ2v) is 5.26. The first-order chi connectivity index (χ1) is 9.33. The number of nitrogens with one attached hydrogen (secondary N) is 1. The summed E-state index contributed by atoms with van der Waals surface area (Å²) >= 11 is 0. The van der Waals surface area contributed by atoms with Gasteiger partial charge in [-0.1, -0.05) is 19.0 Å². The lowest BCUT2D eigenvalue weighted by Crippen LogP contribution is -2.33. The molecule has 0 aliphatic heterocycles. The van der Waals surface area contributed by atoms with Crippen molar-refractivity contribution >= 4 is 0 Å². The summed E-state index contributed by atoms with van der Waals surface area (Å²) in [5.41, 5.74) is 0. The Labute approximate surface area is 115 Å². The third kappa shape index (κ3) is 4.91. The number of hydrogen-bond acceptors (Lipinski definition) is 5. The lowest BCUT2D eigenvalue weighted by Gasteiger charge is -2.15. The van der Waals surface area contributed by atoms with E-state index in [2.05, 4.69) is 29.3 Å². The monoisotopic (exact) mass is 267 g/mol. The Hall–Kier alpha value is -0.940. The largest absolute Gasteiger partial charge is 0.373 e. The molecular weight excluding hydrogens is 242 g/mol. The molecule has 1 atom stereocenters. The van der Waals surface area contributed by atoms with E-state index in [0.717, 1.165) is 44.2 Å². The highest BCUT2D eigenvalue weighted by Gasteiger charge is 2.32. The van der Waals surface area contributed by atoms with Crippen LogP contribution in [0.2, 0.25) is 0 Å². The van der Waals surface area contributed by atoms with Crippen LogP contribution in [0.4, 0.5) is 0 Å². The van der Waals surface area contributed by atoms with E-state index < -0.39 is 0 Å². The zero-order chi connectivity index (χ0) is 13.5. The van der Waals surface area contributed by atoms with Crippen LogP contribution in [-0.4, -0.2) is 29.3 Å². The van der Waals surface area contributed by atoms with Crippen LogP contribution in [0.1, 0.15) is 51.2 Å². The van der Waals surface area contributed by atoms with E-state index in [1.807, 2.05) is 0 Å². The molecule has 19 heavy (non-hydrogen) atoms. The summed E-state index contributed by atoms with van der Waals surface area (Å²) in [6, 6.07) is 0.491. The van der Waals surface area contributed by atoms with Crippen LogP contribution in [0.5, 0.6) is 0 Å². The van der Waals surface area contributed by atoms with Crippen LogP contribution in [0.25, 0.3) is 0 Å². The van der Waals surface area contributed by atoms with Gasteiger partial charge in [0.1, 0.15) is 6.61 Å². The van der Waals surface area contributed by atoms with Gasteiger partial charge >= 0.3 is 0 Å². The number of nitrogens with zero attached hydrogens (tertiary/aromatic N) is 2. The van der Waals surface area contributed by atoms with Crippen LogP contribution in [0.3, 0.4) is 0 Å². The van der Waals surface area contributed by atoms with Gasteiger partial charge < -0.3 is 14.6 Å². The third-order valence-corrected chi connectivity index (χ3v) is 3.33. The SMILES string of the molecule is CCCNC(Cc1nc(COCCC)no1)C1CC1. The van der Waals surface area contributed by atoms with Gasteiger partial charge in [-0.15, -0.1) is 0 Å². The number of hydrogen-bond donors (Lipinski definition) is 1. The average molecular weight is 267 g/mol. The minimum absolute atomic E-state index is 0.452. The van der Waals surface area contributed by atoms with E-state index in [1.165, 1.54) is 12.8 Å². The van der Waals surface area contributed by atoms with Gasteiger partial charge in [-0.05, 0) is 38.1 Å². The second kappa shape index (κ2) is 7.60. The summed E-state index contributed by atoms with van der Waals surface area (Å²) in [4.78, 5) is 4.40. The molecule has 0 radical (unpaired) electrons. The molecule has 0 amide bonds. The molecule has 2 rings (SSSR count). The minimum Gasteiger partial charge on any atom is -0.373 e. The van der Waals surface area contributed by atoms with Crippen LogP contribution >= 0.6 is 0 Å². The zero-order valence-corrected chi connectivity index (χ0v) is 12.0. The van der Waals surface area contributed by atoms with Crippen LogP contribution in [0, 0.1) is 5.92 Å². The highest BCUT2D eigenvalue weighted by molar-refractivity contribution is 4.94. The first-order valence-corrected chi connectivity index (χ1v) is 7.46. The van der Waals surface area contributed by atoms with Crippen molar-refractivity contribution in [2.45, 2.75) is 58.6 Å². The van der Waals surface area contributed by atoms with Gasteiger partial charge in [-0.25, -0.2) is 0 Å². The molecule has 1 aromatic rings. The van der Waals surface area contributed by atoms with Gasteiger partial charge in [-0.3, -0.25) is 0 Å². The maximum Gasteiger partial charge on any atom is 0.228 e. The maximum atomic E-state index is 5.41. The van der Waals surface area contributed by atoms with Crippen molar-refractivity contribution in [3.63, 3.8) is 0 Å². The molecule has 0 aromatic carbocycles. The van der Waals surface area contributed by atoms with E-state index in [-0.39, 0.29) is 0 Å².